The predicted octanol–water partition coefficient (Wildman–Crippen LogP) is 16.9. The van der Waals surface area contributed by atoms with Gasteiger partial charge in [-0.3, -0.25) is 0 Å². The van der Waals surface area contributed by atoms with E-state index in [1.54, 1.807) is 33.4 Å². The van der Waals surface area contributed by atoms with Gasteiger partial charge in [0.1, 0.15) is 0 Å². The number of nitrogens with two attached hydrogens (primary N) is 1. The first kappa shape index (κ1) is 47.2. The second-order valence-electron chi connectivity index (χ2n) is 16.6. The second-order valence-corrected chi connectivity index (χ2v) is 16.6. The summed E-state index contributed by atoms with van der Waals surface area (Å²) in [5, 5.41) is 0. The van der Waals surface area contributed by atoms with E-state index in [1.165, 1.54) is 225 Å². The maximum Gasteiger partial charge on any atom is 0.0300 e. The molecule has 0 saturated carbocycles. The van der Waals surface area contributed by atoms with Crippen molar-refractivity contribution in [2.45, 2.75) is 279 Å². The van der Waals surface area contributed by atoms with E-state index in [9.17, 15) is 0 Å². The summed E-state index contributed by atoms with van der Waals surface area (Å²) in [7, 11) is 0. The average Bonchev–Trinajstić information content (AvgIpc) is 3.11. The van der Waals surface area contributed by atoms with E-state index in [-0.39, 0.29) is 6.04 Å². The molecule has 0 aliphatic carbocycles. The summed E-state index contributed by atoms with van der Waals surface area (Å²) in [6, 6.07) is 0.201. The third-order valence-corrected chi connectivity index (χ3v) is 12.1. The van der Waals surface area contributed by atoms with Gasteiger partial charge in [0.15, 0.2) is 0 Å². The van der Waals surface area contributed by atoms with Gasteiger partial charge in [0.05, 0.1) is 0 Å². The van der Waals surface area contributed by atoms with Crippen LogP contribution in [0.1, 0.15) is 279 Å². The van der Waals surface area contributed by atoms with E-state index in [0.29, 0.717) is 0 Å². The zero-order valence-electron chi connectivity index (χ0n) is 35.6. The molecule has 1 unspecified atom stereocenters. The van der Waals surface area contributed by atoms with Gasteiger partial charge in [0, 0.05) is 6.04 Å². The minimum atomic E-state index is 0.201. The van der Waals surface area contributed by atoms with Crippen molar-refractivity contribution in [3.63, 3.8) is 0 Å². The highest BCUT2D eigenvalue weighted by Crippen LogP contribution is 2.36. The van der Waals surface area contributed by atoms with Crippen LogP contribution in [0, 0.1) is 13.8 Å². The minimum Gasteiger partial charge on any atom is -0.324 e. The Bertz CT molecular complexity index is 884. The summed E-state index contributed by atoms with van der Waals surface area (Å²) in [4.78, 5) is 0. The van der Waals surface area contributed by atoms with Gasteiger partial charge in [-0.25, -0.2) is 0 Å². The molecule has 50 heavy (non-hydrogen) atoms. The molecule has 1 atom stereocenters. The monoisotopic (exact) mass is 696 g/mol. The molecule has 0 heterocycles. The van der Waals surface area contributed by atoms with Crippen LogP contribution < -0.4 is 5.73 Å². The van der Waals surface area contributed by atoms with Gasteiger partial charge in [-0.15, -0.1) is 0 Å². The second kappa shape index (κ2) is 34.0. The fourth-order valence-corrected chi connectivity index (χ4v) is 8.60. The number of unbranched alkanes of at least 4 members (excludes halogenated alkanes) is 28. The fraction of sp³-hybridized carbons (Fsp3) is 0.878. The Kier molecular flexibility index (Phi) is 32.1. The highest BCUT2D eigenvalue weighted by atomic mass is 14.6. The SMILES string of the molecule is CCCCCCCCCCc1c(C)c(C)c(C(N)CCCCCCCCCC)c(CCCCCCCCCC)c1CCCCCCCCCC. The molecule has 294 valence electrons. The number of hydrogen-bond donors (Lipinski definition) is 1. The summed E-state index contributed by atoms with van der Waals surface area (Å²) < 4.78 is 0. The van der Waals surface area contributed by atoms with Gasteiger partial charge in [-0.05, 0) is 92.2 Å². The van der Waals surface area contributed by atoms with Crippen LogP contribution in [0.2, 0.25) is 0 Å². The first-order chi connectivity index (χ1) is 24.5. The Morgan fingerprint density at radius 2 is 0.600 bits per heavy atom. The first-order valence-electron chi connectivity index (χ1n) is 23.4. The summed E-state index contributed by atoms with van der Waals surface area (Å²) in [5.74, 6) is 0. The Hall–Kier alpha value is -0.820. The molecule has 0 saturated heterocycles. The van der Waals surface area contributed by atoms with E-state index in [2.05, 4.69) is 41.5 Å². The first-order valence-corrected chi connectivity index (χ1v) is 23.4. The van der Waals surface area contributed by atoms with Crippen molar-refractivity contribution < 1.29 is 0 Å². The Balaban J connectivity index is 3.14. The van der Waals surface area contributed by atoms with Crippen molar-refractivity contribution in [1.82, 2.24) is 0 Å². The standard InChI is InChI=1S/C49H93N/c1-7-11-15-19-23-27-31-35-39-45-43(5)44(6)49(48(50)42-38-34-30-26-22-18-14-10-4)47(41-37-33-29-25-21-17-13-9-3)46(45)40-36-32-28-24-20-16-12-8-2/h48H,7-42,50H2,1-6H3. The lowest BCUT2D eigenvalue weighted by molar-refractivity contribution is 0.530. The van der Waals surface area contributed by atoms with Crippen LogP contribution in [0.4, 0.5) is 0 Å². The van der Waals surface area contributed by atoms with E-state index < -0.39 is 0 Å². The Labute approximate surface area is 316 Å². The van der Waals surface area contributed by atoms with Gasteiger partial charge in [-0.1, -0.05) is 214 Å². The third-order valence-electron chi connectivity index (χ3n) is 12.1. The number of hydrogen-bond acceptors (Lipinski definition) is 1. The molecule has 1 aromatic carbocycles. The molecule has 2 N–H and O–H groups in total. The van der Waals surface area contributed by atoms with Gasteiger partial charge in [0.2, 0.25) is 0 Å². The Morgan fingerprint density at radius 1 is 0.320 bits per heavy atom. The van der Waals surface area contributed by atoms with Crippen LogP contribution >= 0.6 is 0 Å². The molecular weight excluding hydrogens is 603 g/mol. The van der Waals surface area contributed by atoms with Crippen molar-refractivity contribution in [3.8, 4) is 0 Å². The highest BCUT2D eigenvalue weighted by Gasteiger charge is 2.23. The molecule has 0 amide bonds. The van der Waals surface area contributed by atoms with E-state index >= 15 is 0 Å². The van der Waals surface area contributed by atoms with Crippen LogP contribution in [-0.2, 0) is 19.3 Å². The van der Waals surface area contributed by atoms with Crippen LogP contribution in [0.25, 0.3) is 0 Å². The Morgan fingerprint density at radius 3 is 0.960 bits per heavy atom. The van der Waals surface area contributed by atoms with Crippen LogP contribution in [0.15, 0.2) is 0 Å². The molecule has 1 aromatic rings. The molecule has 0 spiro atoms. The van der Waals surface area contributed by atoms with Crippen molar-refractivity contribution in [2.75, 3.05) is 0 Å². The average molecular weight is 696 g/mol. The van der Waals surface area contributed by atoms with Gasteiger partial charge >= 0.3 is 0 Å². The lowest BCUT2D eigenvalue weighted by atomic mass is 9.79. The zero-order valence-corrected chi connectivity index (χ0v) is 35.6. The highest BCUT2D eigenvalue weighted by molar-refractivity contribution is 5.52. The third kappa shape index (κ3) is 22.3. The molecular formula is C49H93N. The van der Waals surface area contributed by atoms with Crippen LogP contribution in [-0.4, -0.2) is 0 Å². The van der Waals surface area contributed by atoms with E-state index in [4.69, 9.17) is 5.73 Å². The molecule has 0 aromatic heterocycles. The molecule has 0 aliphatic heterocycles. The zero-order chi connectivity index (χ0) is 36.5. The van der Waals surface area contributed by atoms with Crippen molar-refractivity contribution in [2.24, 2.45) is 5.73 Å². The van der Waals surface area contributed by atoms with Crippen molar-refractivity contribution in [1.29, 1.82) is 0 Å². The van der Waals surface area contributed by atoms with Crippen molar-refractivity contribution >= 4 is 0 Å². The van der Waals surface area contributed by atoms with E-state index in [0.717, 1.165) is 6.42 Å². The largest absolute Gasteiger partial charge is 0.324 e. The normalized spacial score (nSPS) is 12.3. The number of rotatable bonds is 37. The maximum absolute atomic E-state index is 7.29. The summed E-state index contributed by atoms with van der Waals surface area (Å²) in [6.45, 7) is 14.2. The smallest absolute Gasteiger partial charge is 0.0300 e. The van der Waals surface area contributed by atoms with Crippen LogP contribution in [0.5, 0.6) is 0 Å². The summed E-state index contributed by atoms with van der Waals surface area (Å²) in [6.07, 6.45) is 49.6. The summed E-state index contributed by atoms with van der Waals surface area (Å²) >= 11 is 0. The molecule has 1 rings (SSSR count). The lowest BCUT2D eigenvalue weighted by Gasteiger charge is -2.28. The number of benzene rings is 1. The predicted molar refractivity (Wildman–Crippen MR) is 229 cm³/mol. The molecule has 1 heteroatoms. The molecule has 0 aliphatic rings. The molecule has 0 bridgehead atoms. The molecule has 1 nitrogen and oxygen atoms in total. The van der Waals surface area contributed by atoms with E-state index in [1.807, 2.05) is 0 Å². The van der Waals surface area contributed by atoms with Gasteiger partial charge in [-0.2, -0.15) is 0 Å². The van der Waals surface area contributed by atoms with Gasteiger partial charge < -0.3 is 5.73 Å². The summed E-state index contributed by atoms with van der Waals surface area (Å²) in [5.41, 5.74) is 17.3. The maximum atomic E-state index is 7.29. The van der Waals surface area contributed by atoms with Crippen molar-refractivity contribution in [3.05, 3.63) is 33.4 Å². The quantitative estimate of drug-likeness (QED) is 0.0689. The topological polar surface area (TPSA) is 26.0 Å². The fourth-order valence-electron chi connectivity index (χ4n) is 8.60. The van der Waals surface area contributed by atoms with Gasteiger partial charge in [0.25, 0.3) is 0 Å². The lowest BCUT2D eigenvalue weighted by Crippen LogP contribution is -2.19. The van der Waals surface area contributed by atoms with Crippen LogP contribution in [0.3, 0.4) is 0 Å². The molecule has 0 radical (unpaired) electrons. The minimum absolute atomic E-state index is 0.201. The molecule has 0 fully saturated rings.